The number of ketones is 1. The van der Waals surface area contributed by atoms with Gasteiger partial charge in [0, 0.05) is 62.8 Å². The van der Waals surface area contributed by atoms with E-state index in [0.29, 0.717) is 56.7 Å². The van der Waals surface area contributed by atoms with Gasteiger partial charge >= 0.3 is 6.09 Å². The van der Waals surface area contributed by atoms with Crippen LogP contribution in [0, 0.1) is 11.7 Å². The van der Waals surface area contributed by atoms with Gasteiger partial charge in [0.05, 0.1) is 11.1 Å². The molecule has 0 N–H and O–H groups in total. The molecule has 0 spiro atoms. The van der Waals surface area contributed by atoms with Crippen LogP contribution >= 0.6 is 0 Å². The Balaban J connectivity index is 1.22. The number of rotatable bonds is 7. The van der Waals surface area contributed by atoms with Crippen LogP contribution in [0.1, 0.15) is 86.4 Å². The fourth-order valence-electron chi connectivity index (χ4n) is 5.56. The molecule has 2 saturated heterocycles. The van der Waals surface area contributed by atoms with E-state index in [1.54, 1.807) is 11.0 Å². The maximum Gasteiger partial charge on any atom is 0.410 e. The first-order valence-corrected chi connectivity index (χ1v) is 14.6. The van der Waals surface area contributed by atoms with Gasteiger partial charge in [0.1, 0.15) is 11.4 Å². The van der Waals surface area contributed by atoms with Gasteiger partial charge in [-0.15, -0.1) is 0 Å². The number of hydrogen-bond acceptors (Lipinski definition) is 7. The highest BCUT2D eigenvalue weighted by atomic mass is 19.1. The maximum absolute atomic E-state index is 15.0. The summed E-state index contributed by atoms with van der Waals surface area (Å²) in [5.74, 6) is -0.380. The molecule has 1 aromatic heterocycles. The van der Waals surface area contributed by atoms with Crippen molar-refractivity contribution >= 4 is 17.8 Å². The molecule has 1 aromatic carbocycles. The molecule has 10 heteroatoms. The lowest BCUT2D eigenvalue weighted by Gasteiger charge is -2.39. The zero-order valence-electron chi connectivity index (χ0n) is 24.1. The number of piperidine rings is 1. The van der Waals surface area contributed by atoms with Gasteiger partial charge < -0.3 is 19.3 Å². The van der Waals surface area contributed by atoms with Gasteiger partial charge in [0.2, 0.25) is 0 Å². The predicted octanol–water partition coefficient (Wildman–Crippen LogP) is 5.29. The Labute approximate surface area is 240 Å². The molecule has 41 heavy (non-hydrogen) atoms. The van der Waals surface area contributed by atoms with Crippen molar-refractivity contribution in [3.05, 3.63) is 47.5 Å². The second-order valence-electron chi connectivity index (χ2n) is 12.3. The topological polar surface area (TPSA) is 102 Å². The fraction of sp³-hybridized carbons (Fsp3) is 0.581. The number of aromatic nitrogens is 2. The monoisotopic (exact) mass is 566 g/mol. The van der Waals surface area contributed by atoms with Crippen molar-refractivity contribution in [1.29, 1.82) is 0 Å². The molecule has 0 unspecified atom stereocenters. The van der Waals surface area contributed by atoms with E-state index in [2.05, 4.69) is 9.97 Å². The third-order valence-corrected chi connectivity index (χ3v) is 7.93. The molecule has 0 bridgehead atoms. The molecule has 220 valence electrons. The van der Waals surface area contributed by atoms with Crippen molar-refractivity contribution in [2.75, 3.05) is 26.3 Å². The quantitative estimate of drug-likeness (QED) is 0.420. The van der Waals surface area contributed by atoms with Gasteiger partial charge in [-0.25, -0.2) is 19.2 Å². The molecule has 0 atom stereocenters. The van der Waals surface area contributed by atoms with Crippen molar-refractivity contribution < 1.29 is 28.2 Å². The number of hydrogen-bond donors (Lipinski definition) is 0. The van der Waals surface area contributed by atoms with E-state index in [-0.39, 0.29) is 47.2 Å². The van der Waals surface area contributed by atoms with Crippen LogP contribution in [0.4, 0.5) is 9.18 Å². The average Bonchev–Trinajstić information content (AvgIpc) is 3.78. The lowest BCUT2D eigenvalue weighted by atomic mass is 9.91. The van der Waals surface area contributed by atoms with Gasteiger partial charge in [-0.05, 0) is 77.3 Å². The highest BCUT2D eigenvalue weighted by molar-refractivity contribution is 5.97. The third kappa shape index (κ3) is 7.28. The Morgan fingerprint density at radius 2 is 1.61 bits per heavy atom. The van der Waals surface area contributed by atoms with Gasteiger partial charge in [0.25, 0.3) is 5.91 Å². The summed E-state index contributed by atoms with van der Waals surface area (Å²) in [6.07, 6.45) is 7.86. The number of nitrogens with zero attached hydrogens (tertiary/aromatic N) is 4. The standard InChI is InChI=1S/C31H39FN4O5/c1-31(2,3)41-30(39)35-12-8-24(9-13-35)36(23-5-6-23)29(38)22-18-33-28(34-19-22)25-7-4-21(17-26(25)32)27(37)16-20-10-14-40-15-11-20/h4,7,17-20,23-24H,5-6,8-16H2,1-3H3. The van der Waals surface area contributed by atoms with Gasteiger partial charge in [0.15, 0.2) is 11.6 Å². The maximum atomic E-state index is 15.0. The van der Waals surface area contributed by atoms with Crippen LogP contribution in [-0.2, 0) is 9.47 Å². The van der Waals surface area contributed by atoms with Crippen LogP contribution < -0.4 is 0 Å². The molecule has 3 heterocycles. The molecule has 3 fully saturated rings. The fourth-order valence-corrected chi connectivity index (χ4v) is 5.56. The Kier molecular flexibility index (Phi) is 8.68. The highest BCUT2D eigenvalue weighted by Gasteiger charge is 2.40. The number of amides is 2. The number of Topliss-reactive ketones (excluding diaryl/α,β-unsaturated/α-hetero) is 1. The summed E-state index contributed by atoms with van der Waals surface area (Å²) in [4.78, 5) is 50.9. The second-order valence-corrected chi connectivity index (χ2v) is 12.3. The lowest BCUT2D eigenvalue weighted by molar-refractivity contribution is 0.0142. The van der Waals surface area contributed by atoms with Crippen LogP contribution in [0.3, 0.4) is 0 Å². The normalized spacial score (nSPS) is 18.7. The van der Waals surface area contributed by atoms with E-state index in [9.17, 15) is 14.4 Å². The van der Waals surface area contributed by atoms with Crippen molar-refractivity contribution in [2.45, 2.75) is 83.4 Å². The van der Waals surface area contributed by atoms with Crippen molar-refractivity contribution in [1.82, 2.24) is 19.8 Å². The molecular weight excluding hydrogens is 527 g/mol. The van der Waals surface area contributed by atoms with Gasteiger partial charge in [-0.1, -0.05) is 6.07 Å². The zero-order chi connectivity index (χ0) is 29.1. The lowest BCUT2D eigenvalue weighted by Crippen LogP contribution is -2.50. The molecule has 2 aliphatic heterocycles. The van der Waals surface area contributed by atoms with E-state index in [0.717, 1.165) is 25.7 Å². The molecule has 0 radical (unpaired) electrons. The van der Waals surface area contributed by atoms with E-state index in [1.165, 1.54) is 24.5 Å². The number of carbonyl (C=O) groups excluding carboxylic acids is 3. The minimum atomic E-state index is -0.571. The van der Waals surface area contributed by atoms with Crippen molar-refractivity contribution in [2.24, 2.45) is 5.92 Å². The zero-order valence-corrected chi connectivity index (χ0v) is 24.1. The van der Waals surface area contributed by atoms with Crippen LogP contribution in [0.2, 0.25) is 0 Å². The summed E-state index contributed by atoms with van der Waals surface area (Å²) >= 11 is 0. The molecular formula is C31H39FN4O5. The Morgan fingerprint density at radius 3 is 2.20 bits per heavy atom. The van der Waals surface area contributed by atoms with Crippen molar-refractivity contribution in [3.8, 4) is 11.4 Å². The molecule has 1 aliphatic carbocycles. The largest absolute Gasteiger partial charge is 0.444 e. The molecule has 2 amide bonds. The summed E-state index contributed by atoms with van der Waals surface area (Å²) in [6, 6.07) is 4.57. The SMILES string of the molecule is CC(C)(C)OC(=O)N1CCC(N(C(=O)c2cnc(-c3ccc(C(=O)CC4CCOCC4)cc3F)nc2)C2CC2)CC1. The van der Waals surface area contributed by atoms with Crippen LogP contribution in [0.5, 0.6) is 0 Å². The Morgan fingerprint density at radius 1 is 0.976 bits per heavy atom. The predicted molar refractivity (Wildman–Crippen MR) is 150 cm³/mol. The Bertz CT molecular complexity index is 1260. The Hall–Kier alpha value is -3.40. The van der Waals surface area contributed by atoms with E-state index in [4.69, 9.17) is 9.47 Å². The van der Waals surface area contributed by atoms with Crippen molar-refractivity contribution in [3.63, 3.8) is 0 Å². The van der Waals surface area contributed by atoms with Crippen LogP contribution in [0.15, 0.2) is 30.6 Å². The summed E-state index contributed by atoms with van der Waals surface area (Å²) in [5.41, 5.74) is 0.310. The van der Waals surface area contributed by atoms with E-state index in [1.807, 2.05) is 25.7 Å². The van der Waals surface area contributed by atoms with E-state index < -0.39 is 11.4 Å². The summed E-state index contributed by atoms with van der Waals surface area (Å²) < 4.78 is 25.9. The number of benzene rings is 1. The minimum absolute atomic E-state index is 0.0111. The first-order valence-electron chi connectivity index (χ1n) is 14.6. The summed E-state index contributed by atoms with van der Waals surface area (Å²) in [7, 11) is 0. The van der Waals surface area contributed by atoms with Crippen LogP contribution in [0.25, 0.3) is 11.4 Å². The van der Waals surface area contributed by atoms with E-state index >= 15 is 4.39 Å². The number of halogens is 1. The first-order chi connectivity index (χ1) is 19.6. The third-order valence-electron chi connectivity index (χ3n) is 7.93. The van der Waals surface area contributed by atoms with Gasteiger partial charge in [-0.3, -0.25) is 9.59 Å². The molecule has 9 nitrogen and oxygen atoms in total. The smallest absolute Gasteiger partial charge is 0.410 e. The number of carbonyl (C=O) groups is 3. The highest BCUT2D eigenvalue weighted by Crippen LogP contribution is 2.34. The first kappa shape index (κ1) is 29.1. The molecule has 2 aromatic rings. The molecule has 5 rings (SSSR count). The van der Waals surface area contributed by atoms with Crippen LogP contribution in [-0.4, -0.2) is 81.5 Å². The minimum Gasteiger partial charge on any atom is -0.444 e. The number of likely N-dealkylation sites (tertiary alicyclic amines) is 1. The summed E-state index contributed by atoms with van der Waals surface area (Å²) in [5, 5.41) is 0. The van der Waals surface area contributed by atoms with Gasteiger partial charge in [-0.2, -0.15) is 0 Å². The molecule has 1 saturated carbocycles. The number of ether oxygens (including phenoxy) is 2. The molecule has 3 aliphatic rings. The average molecular weight is 567 g/mol. The second kappa shape index (κ2) is 12.2. The summed E-state index contributed by atoms with van der Waals surface area (Å²) in [6.45, 7) is 7.91.